The number of guanidine groups is 1. The molecule has 0 saturated carbocycles. The smallest absolute Gasteiger partial charge is 0.191 e. The van der Waals surface area contributed by atoms with Gasteiger partial charge in [0.2, 0.25) is 0 Å². The normalized spacial score (nSPS) is 10.9. The predicted octanol–water partition coefficient (Wildman–Crippen LogP) is 3.74. The highest BCUT2D eigenvalue weighted by Crippen LogP contribution is 2.11. The fourth-order valence-electron chi connectivity index (χ4n) is 3.19. The molecule has 0 aliphatic carbocycles. The van der Waals surface area contributed by atoms with Crippen molar-refractivity contribution in [2.24, 2.45) is 4.99 Å². The molecule has 0 spiro atoms. The molecule has 160 valence electrons. The molecule has 0 fully saturated rings. The van der Waals surface area contributed by atoms with Crippen molar-refractivity contribution >= 4 is 35.6 Å². The minimum Gasteiger partial charge on any atom is -0.375 e. The molecule has 1 aromatic heterocycles. The first-order valence-corrected chi connectivity index (χ1v) is 10.0. The Morgan fingerprint density at radius 2 is 1.73 bits per heavy atom. The van der Waals surface area contributed by atoms with Gasteiger partial charge in [-0.3, -0.25) is 9.67 Å². The van der Waals surface area contributed by atoms with E-state index in [1.807, 2.05) is 29.2 Å². The molecule has 0 amide bonds. The first-order valence-electron chi connectivity index (χ1n) is 10.0. The number of benzene rings is 2. The van der Waals surface area contributed by atoms with Gasteiger partial charge in [-0.05, 0) is 35.7 Å². The zero-order chi connectivity index (χ0) is 20.3. The molecule has 0 bridgehead atoms. The molecule has 1 heterocycles. The SMILES string of the molecule is CN=C(NCCCN(C)c1ccccc1)NCc1ccccc1Cn1cccn1.I. The molecule has 30 heavy (non-hydrogen) atoms. The second-order valence-electron chi connectivity index (χ2n) is 6.94. The quantitative estimate of drug-likeness (QED) is 0.196. The number of nitrogens with zero attached hydrogens (tertiary/aromatic N) is 4. The van der Waals surface area contributed by atoms with Crippen LogP contribution < -0.4 is 15.5 Å². The number of para-hydroxylation sites is 1. The number of hydrogen-bond donors (Lipinski definition) is 2. The Kier molecular flexibility index (Phi) is 10.2. The van der Waals surface area contributed by atoms with Crippen molar-refractivity contribution in [1.29, 1.82) is 0 Å². The largest absolute Gasteiger partial charge is 0.375 e. The maximum atomic E-state index is 4.35. The summed E-state index contributed by atoms with van der Waals surface area (Å²) in [7, 11) is 3.93. The number of anilines is 1. The summed E-state index contributed by atoms with van der Waals surface area (Å²) in [6.07, 6.45) is 4.82. The number of nitrogens with one attached hydrogen (secondary N) is 2. The molecule has 6 nitrogen and oxygen atoms in total. The van der Waals surface area contributed by atoms with Crippen LogP contribution in [0.15, 0.2) is 78.0 Å². The lowest BCUT2D eigenvalue weighted by atomic mass is 10.1. The second-order valence-corrected chi connectivity index (χ2v) is 6.94. The Balaban J connectivity index is 0.00000320. The van der Waals surface area contributed by atoms with Crippen molar-refractivity contribution < 1.29 is 0 Å². The van der Waals surface area contributed by atoms with E-state index < -0.39 is 0 Å². The summed E-state index contributed by atoms with van der Waals surface area (Å²) in [6, 6.07) is 20.8. The predicted molar refractivity (Wildman–Crippen MR) is 136 cm³/mol. The molecule has 3 aromatic rings. The summed E-state index contributed by atoms with van der Waals surface area (Å²) in [4.78, 5) is 6.61. The van der Waals surface area contributed by atoms with Crippen molar-refractivity contribution in [3.8, 4) is 0 Å². The Morgan fingerprint density at radius 1 is 1.00 bits per heavy atom. The Morgan fingerprint density at radius 3 is 2.43 bits per heavy atom. The highest BCUT2D eigenvalue weighted by atomic mass is 127. The van der Waals surface area contributed by atoms with Crippen LogP contribution in [0, 0.1) is 0 Å². The van der Waals surface area contributed by atoms with Gasteiger partial charge in [0.1, 0.15) is 0 Å². The molecule has 2 aromatic carbocycles. The number of rotatable bonds is 9. The Labute approximate surface area is 196 Å². The van der Waals surface area contributed by atoms with Gasteiger partial charge >= 0.3 is 0 Å². The van der Waals surface area contributed by atoms with Gasteiger partial charge in [0.05, 0.1) is 6.54 Å². The van der Waals surface area contributed by atoms with Gasteiger partial charge in [-0.2, -0.15) is 5.10 Å². The van der Waals surface area contributed by atoms with E-state index in [4.69, 9.17) is 0 Å². The van der Waals surface area contributed by atoms with E-state index in [0.29, 0.717) is 0 Å². The van der Waals surface area contributed by atoms with Gasteiger partial charge in [0, 0.05) is 51.8 Å². The summed E-state index contributed by atoms with van der Waals surface area (Å²) in [5.41, 5.74) is 3.74. The number of halogens is 1. The van der Waals surface area contributed by atoms with Crippen molar-refractivity contribution in [2.45, 2.75) is 19.5 Å². The van der Waals surface area contributed by atoms with E-state index in [2.05, 4.69) is 81.2 Å². The van der Waals surface area contributed by atoms with Gasteiger partial charge in [-0.1, -0.05) is 42.5 Å². The number of aromatic nitrogens is 2. The maximum Gasteiger partial charge on any atom is 0.191 e. The number of hydrogen-bond acceptors (Lipinski definition) is 3. The van der Waals surface area contributed by atoms with Crippen molar-refractivity contribution in [1.82, 2.24) is 20.4 Å². The molecule has 0 unspecified atom stereocenters. The zero-order valence-electron chi connectivity index (χ0n) is 17.7. The molecule has 0 radical (unpaired) electrons. The molecule has 7 heteroatoms. The molecule has 0 saturated heterocycles. The highest BCUT2D eigenvalue weighted by molar-refractivity contribution is 14.0. The highest BCUT2D eigenvalue weighted by Gasteiger charge is 2.05. The van der Waals surface area contributed by atoms with E-state index >= 15 is 0 Å². The fourth-order valence-corrected chi connectivity index (χ4v) is 3.19. The van der Waals surface area contributed by atoms with Crippen LogP contribution in [-0.4, -0.2) is 42.9 Å². The maximum absolute atomic E-state index is 4.35. The number of aliphatic imine (C=N–C) groups is 1. The van der Waals surface area contributed by atoms with Crippen LogP contribution in [0.25, 0.3) is 0 Å². The van der Waals surface area contributed by atoms with Crippen molar-refractivity contribution in [3.63, 3.8) is 0 Å². The molecule has 3 rings (SSSR count). The van der Waals surface area contributed by atoms with Gasteiger partial charge < -0.3 is 15.5 Å². The average Bonchev–Trinajstić information content (AvgIpc) is 3.28. The van der Waals surface area contributed by atoms with Crippen LogP contribution in [0.1, 0.15) is 17.5 Å². The molecular weight excluding hydrogens is 487 g/mol. The Bertz CT molecular complexity index is 880. The van der Waals surface area contributed by atoms with Crippen LogP contribution in [0.4, 0.5) is 5.69 Å². The van der Waals surface area contributed by atoms with E-state index in [1.165, 1.54) is 16.8 Å². The third-order valence-corrected chi connectivity index (χ3v) is 4.84. The van der Waals surface area contributed by atoms with Gasteiger partial charge in [0.25, 0.3) is 0 Å². The molecule has 0 aliphatic rings. The van der Waals surface area contributed by atoms with Crippen LogP contribution in [-0.2, 0) is 13.1 Å². The summed E-state index contributed by atoms with van der Waals surface area (Å²) in [6.45, 7) is 3.34. The summed E-state index contributed by atoms with van der Waals surface area (Å²) in [5.74, 6) is 0.821. The standard InChI is InChI=1S/C23H30N6.HI/c1-24-23(25-14-8-16-28(2)22-12-4-3-5-13-22)26-18-20-10-6-7-11-21(20)19-29-17-9-15-27-29;/h3-7,9-13,15,17H,8,14,16,18-19H2,1-2H3,(H2,24,25,26);1H. The van der Waals surface area contributed by atoms with Gasteiger partial charge in [-0.15, -0.1) is 24.0 Å². The summed E-state index contributed by atoms with van der Waals surface area (Å²) >= 11 is 0. The molecule has 0 aliphatic heterocycles. The van der Waals surface area contributed by atoms with E-state index in [0.717, 1.165) is 38.6 Å². The summed E-state index contributed by atoms with van der Waals surface area (Å²) < 4.78 is 1.94. The molecule has 0 atom stereocenters. The second kappa shape index (κ2) is 12.9. The molecule has 2 N–H and O–H groups in total. The van der Waals surface area contributed by atoms with Crippen molar-refractivity contribution in [2.75, 3.05) is 32.1 Å². The average molecular weight is 518 g/mol. The third kappa shape index (κ3) is 7.37. The van der Waals surface area contributed by atoms with Crippen LogP contribution in [0.3, 0.4) is 0 Å². The first kappa shape index (κ1) is 23.7. The lowest BCUT2D eigenvalue weighted by Crippen LogP contribution is -2.38. The van der Waals surface area contributed by atoms with Crippen LogP contribution >= 0.6 is 24.0 Å². The molecular formula is C23H31IN6. The van der Waals surface area contributed by atoms with E-state index in [-0.39, 0.29) is 24.0 Å². The lowest BCUT2D eigenvalue weighted by Gasteiger charge is -2.20. The Hall–Kier alpha value is -2.55. The lowest BCUT2D eigenvalue weighted by molar-refractivity contribution is 0.676. The van der Waals surface area contributed by atoms with Gasteiger partial charge in [-0.25, -0.2) is 0 Å². The van der Waals surface area contributed by atoms with E-state index in [9.17, 15) is 0 Å². The van der Waals surface area contributed by atoms with Crippen LogP contribution in [0.5, 0.6) is 0 Å². The minimum absolute atomic E-state index is 0. The summed E-state index contributed by atoms with van der Waals surface area (Å²) in [5, 5.41) is 11.1. The minimum atomic E-state index is 0. The fraction of sp³-hybridized carbons (Fsp3) is 0.304. The van der Waals surface area contributed by atoms with Gasteiger partial charge in [0.15, 0.2) is 5.96 Å². The third-order valence-electron chi connectivity index (χ3n) is 4.84. The first-order chi connectivity index (χ1) is 14.3. The zero-order valence-corrected chi connectivity index (χ0v) is 20.0. The van der Waals surface area contributed by atoms with Crippen molar-refractivity contribution in [3.05, 3.63) is 84.2 Å². The monoisotopic (exact) mass is 518 g/mol. The van der Waals surface area contributed by atoms with Crippen LogP contribution in [0.2, 0.25) is 0 Å². The topological polar surface area (TPSA) is 57.5 Å². The van der Waals surface area contributed by atoms with E-state index in [1.54, 1.807) is 7.05 Å².